The first-order valence-corrected chi connectivity index (χ1v) is 5.60. The molecule has 1 fully saturated rings. The lowest BCUT2D eigenvalue weighted by Crippen LogP contribution is -2.39. The topological polar surface area (TPSA) is 30.5 Å². The summed E-state index contributed by atoms with van der Waals surface area (Å²) in [7, 11) is 0. The van der Waals surface area contributed by atoms with E-state index in [4.69, 9.17) is 9.47 Å². The van der Waals surface area contributed by atoms with Gasteiger partial charge in [0.2, 0.25) is 0 Å². The fourth-order valence-corrected chi connectivity index (χ4v) is 1.60. The van der Waals surface area contributed by atoms with Gasteiger partial charge in [-0.25, -0.2) is 0 Å². The second-order valence-electron chi connectivity index (χ2n) is 4.56. The van der Waals surface area contributed by atoms with Gasteiger partial charge in [-0.15, -0.1) is 0 Å². The predicted molar refractivity (Wildman–Crippen MR) is 57.5 cm³/mol. The van der Waals surface area contributed by atoms with Gasteiger partial charge in [-0.3, -0.25) is 0 Å². The van der Waals surface area contributed by atoms with Crippen molar-refractivity contribution in [3.8, 4) is 0 Å². The van der Waals surface area contributed by atoms with Gasteiger partial charge in [0.1, 0.15) is 0 Å². The summed E-state index contributed by atoms with van der Waals surface area (Å²) in [6.45, 7) is 9.91. The van der Waals surface area contributed by atoms with Gasteiger partial charge in [-0.05, 0) is 19.3 Å². The molecule has 0 aromatic heterocycles. The number of ether oxygens (including phenoxy) is 2. The lowest BCUT2D eigenvalue weighted by molar-refractivity contribution is 0.0899. The van der Waals surface area contributed by atoms with Crippen molar-refractivity contribution < 1.29 is 9.47 Å². The van der Waals surface area contributed by atoms with E-state index in [9.17, 15) is 0 Å². The van der Waals surface area contributed by atoms with Crippen LogP contribution >= 0.6 is 0 Å². The van der Waals surface area contributed by atoms with Crippen molar-refractivity contribution in [2.75, 3.05) is 26.4 Å². The van der Waals surface area contributed by atoms with Crippen molar-refractivity contribution in [1.29, 1.82) is 0 Å². The molecule has 0 amide bonds. The van der Waals surface area contributed by atoms with Gasteiger partial charge in [0.15, 0.2) is 0 Å². The Morgan fingerprint density at radius 1 is 1.36 bits per heavy atom. The van der Waals surface area contributed by atoms with Crippen molar-refractivity contribution >= 4 is 0 Å². The zero-order chi connectivity index (χ0) is 10.4. The quantitative estimate of drug-likeness (QED) is 0.705. The average molecular weight is 201 g/mol. The molecule has 1 aliphatic rings. The minimum Gasteiger partial charge on any atom is -0.380 e. The fraction of sp³-hybridized carbons (Fsp3) is 1.00. The molecule has 1 heterocycles. The van der Waals surface area contributed by atoms with E-state index in [0.717, 1.165) is 32.8 Å². The second kappa shape index (κ2) is 6.38. The highest BCUT2D eigenvalue weighted by atomic mass is 16.5. The lowest BCUT2D eigenvalue weighted by atomic mass is 10.2. The summed E-state index contributed by atoms with van der Waals surface area (Å²) in [5.74, 6) is 0.622. The Morgan fingerprint density at radius 2 is 2.14 bits per heavy atom. The van der Waals surface area contributed by atoms with Crippen molar-refractivity contribution in [1.82, 2.24) is 5.32 Å². The van der Waals surface area contributed by atoms with Crippen LogP contribution in [0.3, 0.4) is 0 Å². The van der Waals surface area contributed by atoms with Gasteiger partial charge in [-0.2, -0.15) is 0 Å². The van der Waals surface area contributed by atoms with Crippen molar-refractivity contribution in [2.45, 2.75) is 39.3 Å². The molecule has 0 aromatic carbocycles. The fourth-order valence-electron chi connectivity index (χ4n) is 1.60. The van der Waals surface area contributed by atoms with E-state index in [0.29, 0.717) is 18.0 Å². The van der Waals surface area contributed by atoms with Crippen LogP contribution in [0.5, 0.6) is 0 Å². The van der Waals surface area contributed by atoms with Crippen LogP contribution in [0.25, 0.3) is 0 Å². The van der Waals surface area contributed by atoms with Gasteiger partial charge < -0.3 is 14.8 Å². The molecular weight excluding hydrogens is 178 g/mol. The maximum atomic E-state index is 5.56. The molecule has 1 N–H and O–H groups in total. The molecule has 0 saturated carbocycles. The molecule has 1 rings (SSSR count). The van der Waals surface area contributed by atoms with Crippen molar-refractivity contribution in [2.24, 2.45) is 5.92 Å². The highest BCUT2D eigenvalue weighted by Gasteiger charge is 2.17. The number of hydrogen-bond donors (Lipinski definition) is 1. The van der Waals surface area contributed by atoms with E-state index >= 15 is 0 Å². The molecular formula is C11H23NO2. The predicted octanol–water partition coefficient (Wildman–Crippen LogP) is 1.43. The molecule has 3 nitrogen and oxygen atoms in total. The minimum absolute atomic E-state index is 0.431. The summed E-state index contributed by atoms with van der Waals surface area (Å²) in [6, 6.07) is 0.966. The van der Waals surface area contributed by atoms with E-state index in [2.05, 4.69) is 26.1 Å². The summed E-state index contributed by atoms with van der Waals surface area (Å²) >= 11 is 0. The maximum absolute atomic E-state index is 5.56. The minimum atomic E-state index is 0.431. The van der Waals surface area contributed by atoms with E-state index < -0.39 is 0 Å². The van der Waals surface area contributed by atoms with E-state index in [1.807, 2.05) is 0 Å². The Labute approximate surface area is 87.2 Å². The zero-order valence-electron chi connectivity index (χ0n) is 9.58. The van der Waals surface area contributed by atoms with E-state index in [-0.39, 0.29) is 0 Å². The zero-order valence-corrected chi connectivity index (χ0v) is 9.58. The highest BCUT2D eigenvalue weighted by Crippen LogP contribution is 2.04. The van der Waals surface area contributed by atoms with Gasteiger partial charge in [0.05, 0.1) is 13.2 Å². The molecule has 0 radical (unpaired) electrons. The van der Waals surface area contributed by atoms with Gasteiger partial charge in [-0.1, -0.05) is 13.8 Å². The van der Waals surface area contributed by atoms with Crippen molar-refractivity contribution in [3.63, 3.8) is 0 Å². The first-order chi connectivity index (χ1) is 6.68. The largest absolute Gasteiger partial charge is 0.380 e. The number of nitrogens with one attached hydrogen (secondary N) is 1. The summed E-state index contributed by atoms with van der Waals surface area (Å²) in [6.07, 6.45) is 1.13. The first kappa shape index (κ1) is 12.0. The second-order valence-corrected chi connectivity index (χ2v) is 4.56. The van der Waals surface area contributed by atoms with Crippen LogP contribution in [0.1, 0.15) is 27.2 Å². The monoisotopic (exact) mass is 201 g/mol. The summed E-state index contributed by atoms with van der Waals surface area (Å²) in [5.41, 5.74) is 0. The Hall–Kier alpha value is -0.120. The molecule has 0 aromatic rings. The molecule has 2 atom stereocenters. The molecule has 84 valence electrons. The Bertz CT molecular complexity index is 144. The highest BCUT2D eigenvalue weighted by molar-refractivity contribution is 4.74. The van der Waals surface area contributed by atoms with Crippen molar-refractivity contribution in [3.05, 3.63) is 0 Å². The first-order valence-electron chi connectivity index (χ1n) is 5.60. The summed E-state index contributed by atoms with van der Waals surface area (Å²) < 4.78 is 10.9. The molecule has 14 heavy (non-hydrogen) atoms. The smallest absolute Gasteiger partial charge is 0.0620 e. The lowest BCUT2D eigenvalue weighted by Gasteiger charge is -2.18. The third-order valence-corrected chi connectivity index (χ3v) is 2.27. The van der Waals surface area contributed by atoms with Crippen LogP contribution in [0.15, 0.2) is 0 Å². The van der Waals surface area contributed by atoms with Crippen LogP contribution in [-0.4, -0.2) is 38.5 Å². The van der Waals surface area contributed by atoms with Crippen LogP contribution in [0.4, 0.5) is 0 Å². The maximum Gasteiger partial charge on any atom is 0.0620 e. The van der Waals surface area contributed by atoms with Crippen LogP contribution in [-0.2, 0) is 9.47 Å². The van der Waals surface area contributed by atoms with Crippen LogP contribution < -0.4 is 5.32 Å². The molecule has 2 unspecified atom stereocenters. The Balaban J connectivity index is 2.00. The van der Waals surface area contributed by atoms with E-state index in [1.54, 1.807) is 0 Å². The molecule has 3 heteroatoms. The molecule has 0 spiro atoms. The van der Waals surface area contributed by atoms with Crippen LogP contribution in [0, 0.1) is 5.92 Å². The molecule has 1 aliphatic heterocycles. The molecule has 0 aliphatic carbocycles. The standard InChI is InChI=1S/C11H23NO2/c1-9(2)6-14-7-10(3)12-11-4-5-13-8-11/h9-12H,4-8H2,1-3H3. The Morgan fingerprint density at radius 3 is 2.71 bits per heavy atom. The van der Waals surface area contributed by atoms with Crippen LogP contribution in [0.2, 0.25) is 0 Å². The SMILES string of the molecule is CC(C)COCC(C)NC1CCOC1. The third-order valence-electron chi connectivity index (χ3n) is 2.27. The molecule has 0 bridgehead atoms. The third kappa shape index (κ3) is 4.94. The number of rotatable bonds is 6. The van der Waals surface area contributed by atoms with Gasteiger partial charge in [0.25, 0.3) is 0 Å². The summed E-state index contributed by atoms with van der Waals surface area (Å²) in [4.78, 5) is 0. The van der Waals surface area contributed by atoms with E-state index in [1.165, 1.54) is 0 Å². The average Bonchev–Trinajstić information content (AvgIpc) is 2.56. The van der Waals surface area contributed by atoms with Gasteiger partial charge >= 0.3 is 0 Å². The summed E-state index contributed by atoms with van der Waals surface area (Å²) in [5, 5.41) is 3.50. The molecule has 1 saturated heterocycles. The Kier molecular flexibility index (Phi) is 5.45. The number of hydrogen-bond acceptors (Lipinski definition) is 3. The normalized spacial score (nSPS) is 24.4. The van der Waals surface area contributed by atoms with Gasteiger partial charge in [0, 0.05) is 25.3 Å².